The van der Waals surface area contributed by atoms with E-state index in [-0.39, 0.29) is 6.42 Å². The van der Waals surface area contributed by atoms with Gasteiger partial charge in [-0.2, -0.15) is 0 Å². The fourth-order valence-corrected chi connectivity index (χ4v) is 0.756. The van der Waals surface area contributed by atoms with Crippen LogP contribution in [0.15, 0.2) is 0 Å². The predicted molar refractivity (Wildman–Crippen MR) is 49.8 cm³/mol. The smallest absolute Gasteiger partial charge is 0.248 e. The summed E-state index contributed by atoms with van der Waals surface area (Å²) in [4.78, 5) is 21.5. The third-order valence-corrected chi connectivity index (χ3v) is 1.88. The molecule has 0 unspecified atom stereocenters. The molecule has 5 heteroatoms. The van der Waals surface area contributed by atoms with E-state index in [1.54, 1.807) is 13.8 Å². The zero-order chi connectivity index (χ0) is 9.99. The number of aldehydes is 1. The minimum atomic E-state index is -1.92. The maximum absolute atomic E-state index is 11.1. The van der Waals surface area contributed by atoms with E-state index in [2.05, 4.69) is 0 Å². The van der Waals surface area contributed by atoms with Crippen LogP contribution in [0.1, 0.15) is 20.3 Å². The lowest BCUT2D eigenvalue weighted by Crippen LogP contribution is -2.27. The molecular formula is C7H9Cl3O2. The van der Waals surface area contributed by atoms with Gasteiger partial charge in [-0.3, -0.25) is 4.79 Å². The van der Waals surface area contributed by atoms with Crippen LogP contribution in [0.4, 0.5) is 0 Å². The highest BCUT2D eigenvalue weighted by Crippen LogP contribution is 2.32. The van der Waals surface area contributed by atoms with Gasteiger partial charge in [0.2, 0.25) is 3.79 Å². The van der Waals surface area contributed by atoms with E-state index in [0.29, 0.717) is 6.29 Å². The van der Waals surface area contributed by atoms with Crippen LogP contribution in [0.5, 0.6) is 0 Å². The first-order valence-electron chi connectivity index (χ1n) is 3.25. The summed E-state index contributed by atoms with van der Waals surface area (Å²) in [6, 6.07) is 0. The topological polar surface area (TPSA) is 34.1 Å². The molecule has 0 bridgehead atoms. The Morgan fingerprint density at radius 2 is 1.75 bits per heavy atom. The van der Waals surface area contributed by atoms with Gasteiger partial charge in [-0.05, 0) is 0 Å². The number of ketones is 1. The van der Waals surface area contributed by atoms with Crippen LogP contribution in [0.3, 0.4) is 0 Å². The number of hydrogen-bond acceptors (Lipinski definition) is 2. The van der Waals surface area contributed by atoms with E-state index in [9.17, 15) is 9.59 Å². The Morgan fingerprint density at radius 1 is 1.33 bits per heavy atom. The first kappa shape index (κ1) is 12.2. The molecule has 0 rings (SSSR count). The first-order valence-corrected chi connectivity index (χ1v) is 4.39. The van der Waals surface area contributed by atoms with Crippen molar-refractivity contribution in [3.8, 4) is 0 Å². The average Bonchev–Trinajstić information content (AvgIpc) is 1.85. The van der Waals surface area contributed by atoms with E-state index in [1.807, 2.05) is 0 Å². The molecule has 0 fully saturated rings. The normalized spacial score (nSPS) is 12.8. The van der Waals surface area contributed by atoms with Gasteiger partial charge in [0.05, 0.1) is 0 Å². The molecule has 12 heavy (non-hydrogen) atoms. The minimum absolute atomic E-state index is 0.0625. The maximum Gasteiger partial charge on any atom is 0.248 e. The van der Waals surface area contributed by atoms with Crippen LogP contribution >= 0.6 is 34.8 Å². The molecule has 0 atom stereocenters. The standard InChI is InChI=1S/C7H9Cl3O2/c1-6(2,4-11)3-5(12)7(8,9)10/h4H,3H2,1-2H3. The highest BCUT2D eigenvalue weighted by molar-refractivity contribution is 6.76. The number of Topliss-reactive ketones (excluding diaryl/α,β-unsaturated/α-hetero) is 1. The Balaban J connectivity index is 4.29. The molecule has 70 valence electrons. The summed E-state index contributed by atoms with van der Waals surface area (Å²) >= 11 is 15.9. The molecule has 0 heterocycles. The Labute approximate surface area is 86.2 Å². The first-order chi connectivity index (χ1) is 5.19. The summed E-state index contributed by atoms with van der Waals surface area (Å²) in [6.07, 6.45) is 0.605. The fraction of sp³-hybridized carbons (Fsp3) is 0.714. The van der Waals surface area contributed by atoms with E-state index < -0.39 is 15.0 Å². The highest BCUT2D eigenvalue weighted by atomic mass is 35.6. The molecule has 0 aliphatic rings. The van der Waals surface area contributed by atoms with Gasteiger partial charge in [0, 0.05) is 11.8 Å². The van der Waals surface area contributed by atoms with Crippen molar-refractivity contribution in [2.24, 2.45) is 5.41 Å². The molecule has 0 radical (unpaired) electrons. The van der Waals surface area contributed by atoms with Gasteiger partial charge < -0.3 is 4.79 Å². The summed E-state index contributed by atoms with van der Waals surface area (Å²) in [7, 11) is 0. The Morgan fingerprint density at radius 3 is 2.00 bits per heavy atom. The van der Waals surface area contributed by atoms with E-state index in [1.165, 1.54) is 0 Å². The molecular weight excluding hydrogens is 222 g/mol. The van der Waals surface area contributed by atoms with Crippen molar-refractivity contribution in [2.45, 2.75) is 24.1 Å². The highest BCUT2D eigenvalue weighted by Gasteiger charge is 2.34. The molecule has 0 saturated carbocycles. The molecule has 0 amide bonds. The quantitative estimate of drug-likeness (QED) is 0.552. The van der Waals surface area contributed by atoms with Crippen LogP contribution in [-0.2, 0) is 9.59 Å². The number of halogens is 3. The van der Waals surface area contributed by atoms with Crippen molar-refractivity contribution in [1.29, 1.82) is 0 Å². The monoisotopic (exact) mass is 230 g/mol. The van der Waals surface area contributed by atoms with Crippen molar-refractivity contribution in [3.63, 3.8) is 0 Å². The lowest BCUT2D eigenvalue weighted by molar-refractivity contribution is -0.124. The Kier molecular flexibility index (Phi) is 4.01. The van der Waals surface area contributed by atoms with Crippen molar-refractivity contribution in [1.82, 2.24) is 0 Å². The number of carbonyl (C=O) groups is 2. The summed E-state index contributed by atoms with van der Waals surface area (Å²) in [5.74, 6) is -0.565. The summed E-state index contributed by atoms with van der Waals surface area (Å²) in [5.41, 5.74) is -0.763. The van der Waals surface area contributed by atoms with Crippen LogP contribution in [0.25, 0.3) is 0 Å². The third-order valence-electron chi connectivity index (χ3n) is 1.25. The molecule has 0 saturated heterocycles. The average molecular weight is 232 g/mol. The van der Waals surface area contributed by atoms with E-state index >= 15 is 0 Å². The van der Waals surface area contributed by atoms with E-state index in [4.69, 9.17) is 34.8 Å². The number of carbonyl (C=O) groups excluding carboxylic acids is 2. The van der Waals surface area contributed by atoms with Gasteiger partial charge >= 0.3 is 0 Å². The Bertz CT molecular complexity index is 193. The summed E-state index contributed by atoms with van der Waals surface area (Å²) in [6.45, 7) is 3.21. The van der Waals surface area contributed by atoms with Crippen LogP contribution in [0.2, 0.25) is 0 Å². The molecule has 0 aromatic rings. The predicted octanol–water partition coefficient (Wildman–Crippen LogP) is 2.54. The van der Waals surface area contributed by atoms with Crippen LogP contribution in [-0.4, -0.2) is 15.9 Å². The van der Waals surface area contributed by atoms with Gasteiger partial charge in [0.25, 0.3) is 0 Å². The number of hydrogen-bond donors (Lipinski definition) is 0. The van der Waals surface area contributed by atoms with Crippen molar-refractivity contribution in [3.05, 3.63) is 0 Å². The largest absolute Gasteiger partial charge is 0.303 e. The van der Waals surface area contributed by atoms with Gasteiger partial charge in [0.15, 0.2) is 5.78 Å². The summed E-state index contributed by atoms with van der Waals surface area (Å²) < 4.78 is -1.92. The molecule has 0 aromatic carbocycles. The number of rotatable bonds is 3. The second-order valence-electron chi connectivity index (χ2n) is 3.20. The molecule has 0 aliphatic heterocycles. The third kappa shape index (κ3) is 4.29. The number of alkyl halides is 3. The molecule has 2 nitrogen and oxygen atoms in total. The van der Waals surface area contributed by atoms with Gasteiger partial charge in [-0.15, -0.1) is 0 Å². The summed E-state index contributed by atoms with van der Waals surface area (Å²) in [5, 5.41) is 0. The van der Waals surface area contributed by atoms with Gasteiger partial charge in [0.1, 0.15) is 6.29 Å². The molecule has 0 N–H and O–H groups in total. The second kappa shape index (κ2) is 3.95. The lowest BCUT2D eigenvalue weighted by Gasteiger charge is -2.18. The lowest BCUT2D eigenvalue weighted by atomic mass is 9.89. The zero-order valence-electron chi connectivity index (χ0n) is 6.73. The zero-order valence-corrected chi connectivity index (χ0v) is 9.00. The maximum atomic E-state index is 11.1. The minimum Gasteiger partial charge on any atom is -0.303 e. The Hall–Kier alpha value is 0.210. The van der Waals surface area contributed by atoms with Crippen molar-refractivity contribution < 1.29 is 9.59 Å². The fourth-order valence-electron chi connectivity index (χ4n) is 0.556. The van der Waals surface area contributed by atoms with Gasteiger partial charge in [-0.25, -0.2) is 0 Å². The van der Waals surface area contributed by atoms with E-state index in [0.717, 1.165) is 0 Å². The van der Waals surface area contributed by atoms with Crippen LogP contribution < -0.4 is 0 Å². The SMILES string of the molecule is CC(C)(C=O)CC(=O)C(Cl)(Cl)Cl. The second-order valence-corrected chi connectivity index (χ2v) is 5.49. The van der Waals surface area contributed by atoms with Crippen LogP contribution in [0, 0.1) is 5.41 Å². The van der Waals surface area contributed by atoms with Gasteiger partial charge in [-0.1, -0.05) is 48.7 Å². The molecule has 0 aromatic heterocycles. The van der Waals surface area contributed by atoms with Crippen molar-refractivity contribution in [2.75, 3.05) is 0 Å². The van der Waals surface area contributed by atoms with Crippen molar-refractivity contribution >= 4 is 46.9 Å². The molecule has 0 aliphatic carbocycles. The molecule has 0 spiro atoms.